The van der Waals surface area contributed by atoms with Gasteiger partial charge in [0.1, 0.15) is 0 Å². The standard InChI is InChI=1S/C11H23N/c1-10(2)6-9-12-11(3)7-4-5-8-11/h10,12H,4-9H2,1-3H3. The molecule has 0 radical (unpaired) electrons. The van der Waals surface area contributed by atoms with Gasteiger partial charge < -0.3 is 5.32 Å². The van der Waals surface area contributed by atoms with E-state index in [1.807, 2.05) is 0 Å². The zero-order chi connectivity index (χ0) is 9.03. The molecule has 0 aromatic rings. The van der Waals surface area contributed by atoms with E-state index >= 15 is 0 Å². The molecule has 0 atom stereocenters. The maximum absolute atomic E-state index is 3.69. The second-order valence-corrected chi connectivity index (χ2v) is 4.88. The molecule has 0 aliphatic heterocycles. The number of hydrogen-bond donors (Lipinski definition) is 1. The molecule has 0 aromatic heterocycles. The summed E-state index contributed by atoms with van der Waals surface area (Å²) in [6.45, 7) is 8.16. The number of hydrogen-bond acceptors (Lipinski definition) is 1. The topological polar surface area (TPSA) is 12.0 Å². The average Bonchev–Trinajstić information content (AvgIpc) is 2.35. The Balaban J connectivity index is 2.13. The van der Waals surface area contributed by atoms with E-state index < -0.39 is 0 Å². The van der Waals surface area contributed by atoms with Crippen LogP contribution in [0.5, 0.6) is 0 Å². The van der Waals surface area contributed by atoms with Crippen molar-refractivity contribution in [1.82, 2.24) is 5.32 Å². The lowest BCUT2D eigenvalue weighted by atomic mass is 10.00. The van der Waals surface area contributed by atoms with Gasteiger partial charge in [0, 0.05) is 5.54 Å². The van der Waals surface area contributed by atoms with Gasteiger partial charge in [0.25, 0.3) is 0 Å². The predicted octanol–water partition coefficient (Wildman–Crippen LogP) is 2.95. The molecule has 1 aliphatic rings. The Hall–Kier alpha value is -0.0400. The van der Waals surface area contributed by atoms with Crippen LogP contribution < -0.4 is 5.32 Å². The first-order valence-electron chi connectivity index (χ1n) is 5.37. The van der Waals surface area contributed by atoms with Crippen LogP contribution in [-0.2, 0) is 0 Å². The lowest BCUT2D eigenvalue weighted by molar-refractivity contribution is 0.351. The van der Waals surface area contributed by atoms with E-state index in [0.29, 0.717) is 5.54 Å². The molecule has 0 heterocycles. The molecule has 1 nitrogen and oxygen atoms in total. The molecule has 1 aliphatic carbocycles. The van der Waals surface area contributed by atoms with E-state index in [1.165, 1.54) is 38.6 Å². The van der Waals surface area contributed by atoms with Gasteiger partial charge in [-0.25, -0.2) is 0 Å². The smallest absolute Gasteiger partial charge is 0.0153 e. The van der Waals surface area contributed by atoms with Gasteiger partial charge in [-0.3, -0.25) is 0 Å². The first kappa shape index (κ1) is 10.0. The van der Waals surface area contributed by atoms with Crippen LogP contribution in [0.2, 0.25) is 0 Å². The van der Waals surface area contributed by atoms with E-state index in [1.54, 1.807) is 0 Å². The fourth-order valence-electron chi connectivity index (χ4n) is 1.99. The highest BCUT2D eigenvalue weighted by molar-refractivity contribution is 4.87. The summed E-state index contributed by atoms with van der Waals surface area (Å²) in [6.07, 6.45) is 6.92. The molecule has 1 fully saturated rings. The summed E-state index contributed by atoms with van der Waals surface area (Å²) in [4.78, 5) is 0. The molecule has 0 spiro atoms. The molecule has 0 amide bonds. The molecule has 0 unspecified atom stereocenters. The third-order valence-corrected chi connectivity index (χ3v) is 2.98. The molecule has 12 heavy (non-hydrogen) atoms. The molecule has 72 valence electrons. The van der Waals surface area contributed by atoms with Crippen LogP contribution in [0.25, 0.3) is 0 Å². The SMILES string of the molecule is CC(C)CCNC1(C)CCCC1. The van der Waals surface area contributed by atoms with E-state index in [4.69, 9.17) is 0 Å². The van der Waals surface area contributed by atoms with E-state index in [9.17, 15) is 0 Å². The molecule has 0 bridgehead atoms. The van der Waals surface area contributed by atoms with Crippen molar-refractivity contribution >= 4 is 0 Å². The fraction of sp³-hybridized carbons (Fsp3) is 1.00. The second kappa shape index (κ2) is 4.27. The summed E-state index contributed by atoms with van der Waals surface area (Å²) in [7, 11) is 0. The first-order chi connectivity index (χ1) is 5.62. The minimum atomic E-state index is 0.481. The monoisotopic (exact) mass is 169 g/mol. The van der Waals surface area contributed by atoms with Gasteiger partial charge in [-0.1, -0.05) is 26.7 Å². The Bertz CT molecular complexity index is 123. The summed E-state index contributed by atoms with van der Waals surface area (Å²) in [5.74, 6) is 0.836. The third kappa shape index (κ3) is 3.14. The van der Waals surface area contributed by atoms with Crippen LogP contribution >= 0.6 is 0 Å². The molecule has 0 aromatic carbocycles. The maximum atomic E-state index is 3.69. The van der Waals surface area contributed by atoms with Crippen LogP contribution in [0.15, 0.2) is 0 Å². The lowest BCUT2D eigenvalue weighted by Gasteiger charge is -2.25. The first-order valence-corrected chi connectivity index (χ1v) is 5.37. The van der Waals surface area contributed by atoms with Crippen molar-refractivity contribution in [2.24, 2.45) is 5.92 Å². The Morgan fingerprint density at radius 2 is 1.83 bits per heavy atom. The maximum Gasteiger partial charge on any atom is 0.0153 e. The van der Waals surface area contributed by atoms with Crippen LogP contribution in [-0.4, -0.2) is 12.1 Å². The van der Waals surface area contributed by atoms with Crippen molar-refractivity contribution in [3.63, 3.8) is 0 Å². The second-order valence-electron chi connectivity index (χ2n) is 4.88. The van der Waals surface area contributed by atoms with E-state index in [0.717, 1.165) is 5.92 Å². The number of rotatable bonds is 4. The lowest BCUT2D eigenvalue weighted by Crippen LogP contribution is -2.40. The Morgan fingerprint density at radius 1 is 1.25 bits per heavy atom. The minimum absolute atomic E-state index is 0.481. The van der Waals surface area contributed by atoms with Gasteiger partial charge in [-0.05, 0) is 38.6 Å². The Kier molecular flexibility index (Phi) is 3.57. The molecule has 0 saturated heterocycles. The Morgan fingerprint density at radius 3 is 2.33 bits per heavy atom. The summed E-state index contributed by atoms with van der Waals surface area (Å²) < 4.78 is 0. The van der Waals surface area contributed by atoms with E-state index in [2.05, 4.69) is 26.1 Å². The zero-order valence-electron chi connectivity index (χ0n) is 8.82. The third-order valence-electron chi connectivity index (χ3n) is 2.98. The zero-order valence-corrected chi connectivity index (χ0v) is 8.82. The quantitative estimate of drug-likeness (QED) is 0.682. The molecular weight excluding hydrogens is 146 g/mol. The van der Waals surface area contributed by atoms with E-state index in [-0.39, 0.29) is 0 Å². The molecular formula is C11H23N. The van der Waals surface area contributed by atoms with Crippen LogP contribution in [0, 0.1) is 5.92 Å². The van der Waals surface area contributed by atoms with Crippen molar-refractivity contribution in [2.45, 2.75) is 58.4 Å². The van der Waals surface area contributed by atoms with Gasteiger partial charge in [0.05, 0.1) is 0 Å². The minimum Gasteiger partial charge on any atom is -0.312 e. The van der Waals surface area contributed by atoms with Gasteiger partial charge in [-0.2, -0.15) is 0 Å². The van der Waals surface area contributed by atoms with Gasteiger partial charge in [0.15, 0.2) is 0 Å². The van der Waals surface area contributed by atoms with Crippen molar-refractivity contribution in [2.75, 3.05) is 6.54 Å². The highest BCUT2D eigenvalue weighted by Gasteiger charge is 2.27. The fourth-order valence-corrected chi connectivity index (χ4v) is 1.99. The highest BCUT2D eigenvalue weighted by Crippen LogP contribution is 2.28. The summed E-state index contributed by atoms with van der Waals surface area (Å²) in [5.41, 5.74) is 0.481. The van der Waals surface area contributed by atoms with Gasteiger partial charge >= 0.3 is 0 Å². The molecule has 1 N–H and O–H groups in total. The molecule has 1 rings (SSSR count). The van der Waals surface area contributed by atoms with Crippen molar-refractivity contribution in [3.05, 3.63) is 0 Å². The Labute approximate surface area is 76.9 Å². The average molecular weight is 169 g/mol. The van der Waals surface area contributed by atoms with Crippen molar-refractivity contribution < 1.29 is 0 Å². The molecule has 1 saturated carbocycles. The van der Waals surface area contributed by atoms with Crippen LogP contribution in [0.4, 0.5) is 0 Å². The van der Waals surface area contributed by atoms with Gasteiger partial charge in [-0.15, -0.1) is 0 Å². The molecule has 1 heteroatoms. The van der Waals surface area contributed by atoms with Gasteiger partial charge in [0.2, 0.25) is 0 Å². The largest absolute Gasteiger partial charge is 0.312 e. The van der Waals surface area contributed by atoms with Crippen molar-refractivity contribution in [3.8, 4) is 0 Å². The number of nitrogens with one attached hydrogen (secondary N) is 1. The highest BCUT2D eigenvalue weighted by atomic mass is 15.0. The van der Waals surface area contributed by atoms with Crippen molar-refractivity contribution in [1.29, 1.82) is 0 Å². The predicted molar refractivity (Wildman–Crippen MR) is 54.3 cm³/mol. The normalized spacial score (nSPS) is 22.0. The van der Waals surface area contributed by atoms with Crippen LogP contribution in [0.3, 0.4) is 0 Å². The summed E-state index contributed by atoms with van der Waals surface area (Å²) in [5, 5.41) is 3.69. The van der Waals surface area contributed by atoms with Crippen LogP contribution in [0.1, 0.15) is 52.9 Å². The summed E-state index contributed by atoms with van der Waals surface area (Å²) >= 11 is 0. The summed E-state index contributed by atoms with van der Waals surface area (Å²) in [6, 6.07) is 0.